The first-order valence-corrected chi connectivity index (χ1v) is 3.58. The Labute approximate surface area is 61.4 Å². The number of nitrogens with zero attached hydrogens (tertiary/aromatic N) is 2. The van der Waals surface area contributed by atoms with Gasteiger partial charge in [-0.1, -0.05) is 15.9 Å². The van der Waals surface area contributed by atoms with Crippen LogP contribution in [0.2, 0.25) is 0 Å². The topological polar surface area (TPSA) is 51.8 Å². The zero-order valence-corrected chi connectivity index (χ0v) is 6.30. The SMILES string of the molecule is Nc1nnccc1CBr. The smallest absolute Gasteiger partial charge is 0.150 e. The lowest BCUT2D eigenvalue weighted by Crippen LogP contribution is -1.96. The predicted octanol–water partition coefficient (Wildman–Crippen LogP) is 0.954. The molecule has 0 fully saturated rings. The maximum absolute atomic E-state index is 5.43. The summed E-state index contributed by atoms with van der Waals surface area (Å²) in [6.45, 7) is 0. The third-order valence-electron chi connectivity index (χ3n) is 0.981. The van der Waals surface area contributed by atoms with E-state index in [1.54, 1.807) is 6.20 Å². The second-order valence-corrected chi connectivity index (χ2v) is 2.14. The van der Waals surface area contributed by atoms with Crippen LogP contribution in [0.5, 0.6) is 0 Å². The van der Waals surface area contributed by atoms with Crippen molar-refractivity contribution in [2.24, 2.45) is 0 Å². The number of hydrogen-bond acceptors (Lipinski definition) is 3. The van der Waals surface area contributed by atoms with E-state index in [-0.39, 0.29) is 0 Å². The average molecular weight is 188 g/mol. The van der Waals surface area contributed by atoms with Gasteiger partial charge in [-0.25, -0.2) is 0 Å². The molecule has 2 N–H and O–H groups in total. The summed E-state index contributed by atoms with van der Waals surface area (Å²) in [5, 5.41) is 7.98. The third-order valence-corrected chi connectivity index (χ3v) is 1.58. The van der Waals surface area contributed by atoms with Gasteiger partial charge in [0.1, 0.15) is 5.82 Å². The molecule has 1 heterocycles. The van der Waals surface area contributed by atoms with Crippen LogP contribution in [0.15, 0.2) is 12.3 Å². The van der Waals surface area contributed by atoms with Gasteiger partial charge in [-0.2, -0.15) is 5.10 Å². The maximum atomic E-state index is 5.43. The van der Waals surface area contributed by atoms with E-state index < -0.39 is 0 Å². The fraction of sp³-hybridized carbons (Fsp3) is 0.200. The Balaban J connectivity index is 3.01. The van der Waals surface area contributed by atoms with Crippen molar-refractivity contribution in [3.63, 3.8) is 0 Å². The van der Waals surface area contributed by atoms with Crippen LogP contribution in [0.1, 0.15) is 5.56 Å². The summed E-state index contributed by atoms with van der Waals surface area (Å²) in [7, 11) is 0. The van der Waals surface area contributed by atoms with Gasteiger partial charge in [0.15, 0.2) is 0 Å². The third kappa shape index (κ3) is 1.38. The minimum Gasteiger partial charge on any atom is -0.382 e. The van der Waals surface area contributed by atoms with E-state index in [2.05, 4.69) is 26.1 Å². The van der Waals surface area contributed by atoms with Gasteiger partial charge in [-0.3, -0.25) is 0 Å². The highest BCUT2D eigenvalue weighted by Gasteiger charge is 1.94. The molecule has 4 heteroatoms. The summed E-state index contributed by atoms with van der Waals surface area (Å²) in [4.78, 5) is 0. The van der Waals surface area contributed by atoms with Crippen molar-refractivity contribution in [3.05, 3.63) is 17.8 Å². The van der Waals surface area contributed by atoms with E-state index in [0.717, 1.165) is 10.9 Å². The lowest BCUT2D eigenvalue weighted by atomic mass is 10.3. The van der Waals surface area contributed by atoms with Crippen molar-refractivity contribution < 1.29 is 0 Å². The Morgan fingerprint density at radius 1 is 1.67 bits per heavy atom. The lowest BCUT2D eigenvalue weighted by molar-refractivity contribution is 1.02. The van der Waals surface area contributed by atoms with Crippen LogP contribution in [-0.4, -0.2) is 10.2 Å². The zero-order chi connectivity index (χ0) is 6.69. The number of nitrogens with two attached hydrogens (primary N) is 1. The van der Waals surface area contributed by atoms with Crippen LogP contribution in [0, 0.1) is 0 Å². The molecule has 0 atom stereocenters. The van der Waals surface area contributed by atoms with Crippen molar-refractivity contribution in [2.45, 2.75) is 5.33 Å². The van der Waals surface area contributed by atoms with Gasteiger partial charge in [0, 0.05) is 10.9 Å². The largest absolute Gasteiger partial charge is 0.382 e. The molecule has 0 aliphatic heterocycles. The second-order valence-electron chi connectivity index (χ2n) is 1.58. The van der Waals surface area contributed by atoms with Crippen molar-refractivity contribution >= 4 is 21.7 Å². The van der Waals surface area contributed by atoms with E-state index in [0.29, 0.717) is 5.82 Å². The summed E-state index contributed by atoms with van der Waals surface area (Å²) in [6, 6.07) is 1.83. The molecule has 0 saturated carbocycles. The Bertz CT molecular complexity index is 201. The summed E-state index contributed by atoms with van der Waals surface area (Å²) in [6.07, 6.45) is 1.62. The average Bonchev–Trinajstić information content (AvgIpc) is 1.89. The van der Waals surface area contributed by atoms with Gasteiger partial charge in [0.2, 0.25) is 0 Å². The Hall–Kier alpha value is -0.640. The van der Waals surface area contributed by atoms with Crippen molar-refractivity contribution in [3.8, 4) is 0 Å². The Morgan fingerprint density at radius 2 is 2.44 bits per heavy atom. The molecule has 1 aromatic rings. The molecule has 0 radical (unpaired) electrons. The van der Waals surface area contributed by atoms with Crippen LogP contribution < -0.4 is 5.73 Å². The molecule has 0 unspecified atom stereocenters. The molecule has 0 saturated heterocycles. The number of anilines is 1. The molecule has 0 aromatic carbocycles. The van der Waals surface area contributed by atoms with Crippen molar-refractivity contribution in [1.82, 2.24) is 10.2 Å². The van der Waals surface area contributed by atoms with Gasteiger partial charge >= 0.3 is 0 Å². The summed E-state index contributed by atoms with van der Waals surface area (Å²) >= 11 is 3.26. The van der Waals surface area contributed by atoms with Gasteiger partial charge in [0.25, 0.3) is 0 Å². The van der Waals surface area contributed by atoms with Gasteiger partial charge in [-0.05, 0) is 6.07 Å². The van der Waals surface area contributed by atoms with E-state index in [1.807, 2.05) is 6.07 Å². The van der Waals surface area contributed by atoms with Crippen LogP contribution in [-0.2, 0) is 5.33 Å². The minimum atomic E-state index is 0.495. The van der Waals surface area contributed by atoms with E-state index in [1.165, 1.54) is 0 Å². The monoisotopic (exact) mass is 187 g/mol. The van der Waals surface area contributed by atoms with E-state index in [4.69, 9.17) is 5.73 Å². The quantitative estimate of drug-likeness (QED) is 0.667. The number of nitrogen functional groups attached to an aromatic ring is 1. The zero-order valence-electron chi connectivity index (χ0n) is 4.71. The first-order valence-electron chi connectivity index (χ1n) is 2.46. The lowest BCUT2D eigenvalue weighted by Gasteiger charge is -1.94. The van der Waals surface area contributed by atoms with E-state index >= 15 is 0 Å². The number of rotatable bonds is 1. The molecule has 1 rings (SSSR count). The van der Waals surface area contributed by atoms with Crippen LogP contribution >= 0.6 is 15.9 Å². The molecule has 0 amide bonds. The highest BCUT2D eigenvalue weighted by atomic mass is 79.9. The first-order chi connectivity index (χ1) is 4.34. The normalized spacial score (nSPS) is 9.44. The fourth-order valence-corrected chi connectivity index (χ4v) is 0.956. The number of alkyl halides is 1. The molecular weight excluding hydrogens is 182 g/mol. The molecule has 3 nitrogen and oxygen atoms in total. The number of halogens is 1. The molecule has 0 aliphatic rings. The summed E-state index contributed by atoms with van der Waals surface area (Å²) in [5.41, 5.74) is 6.40. The number of aromatic nitrogens is 2. The standard InChI is InChI=1S/C5H6BrN3/c6-3-4-1-2-8-9-5(4)7/h1-2H,3H2,(H2,7,9). The predicted molar refractivity (Wildman–Crippen MR) is 39.1 cm³/mol. The Morgan fingerprint density at radius 3 is 2.89 bits per heavy atom. The molecule has 0 spiro atoms. The molecule has 9 heavy (non-hydrogen) atoms. The molecule has 0 bridgehead atoms. The molecular formula is C5H6BrN3. The maximum Gasteiger partial charge on any atom is 0.150 e. The molecule has 1 aromatic heterocycles. The van der Waals surface area contributed by atoms with Crippen LogP contribution in [0.4, 0.5) is 5.82 Å². The van der Waals surface area contributed by atoms with Crippen molar-refractivity contribution in [2.75, 3.05) is 5.73 Å². The minimum absolute atomic E-state index is 0.495. The first kappa shape index (κ1) is 6.48. The number of hydrogen-bond donors (Lipinski definition) is 1. The van der Waals surface area contributed by atoms with Gasteiger partial charge in [0.05, 0.1) is 6.20 Å². The van der Waals surface area contributed by atoms with Crippen LogP contribution in [0.3, 0.4) is 0 Å². The van der Waals surface area contributed by atoms with Gasteiger partial charge in [-0.15, -0.1) is 5.10 Å². The Kier molecular flexibility index (Phi) is 2.00. The van der Waals surface area contributed by atoms with E-state index in [9.17, 15) is 0 Å². The summed E-state index contributed by atoms with van der Waals surface area (Å²) in [5.74, 6) is 0.495. The fourth-order valence-electron chi connectivity index (χ4n) is 0.481. The summed E-state index contributed by atoms with van der Waals surface area (Å²) < 4.78 is 0. The second kappa shape index (κ2) is 2.77. The molecule has 48 valence electrons. The highest BCUT2D eigenvalue weighted by molar-refractivity contribution is 9.08. The van der Waals surface area contributed by atoms with Crippen molar-refractivity contribution in [1.29, 1.82) is 0 Å². The molecule has 0 aliphatic carbocycles. The van der Waals surface area contributed by atoms with Crippen LogP contribution in [0.25, 0.3) is 0 Å². The highest BCUT2D eigenvalue weighted by Crippen LogP contribution is 2.08. The van der Waals surface area contributed by atoms with Gasteiger partial charge < -0.3 is 5.73 Å².